The van der Waals surface area contributed by atoms with E-state index in [9.17, 15) is 4.79 Å². The second-order valence-corrected chi connectivity index (χ2v) is 4.96. The molecule has 3 aromatic rings. The summed E-state index contributed by atoms with van der Waals surface area (Å²) in [7, 11) is 3.55. The Morgan fingerprint density at radius 3 is 2.40 bits per heavy atom. The van der Waals surface area contributed by atoms with E-state index >= 15 is 0 Å². The fourth-order valence-electron chi connectivity index (χ4n) is 2.40. The number of pyridine rings is 1. The van der Waals surface area contributed by atoms with Gasteiger partial charge >= 0.3 is 0 Å². The van der Waals surface area contributed by atoms with Crippen molar-refractivity contribution in [2.75, 3.05) is 14.1 Å². The van der Waals surface area contributed by atoms with Crippen molar-refractivity contribution in [3.8, 4) is 11.3 Å². The first-order valence-corrected chi connectivity index (χ1v) is 6.55. The van der Waals surface area contributed by atoms with Crippen LogP contribution in [0.15, 0.2) is 60.8 Å². The molecule has 2 aromatic heterocycles. The number of benzene rings is 1. The lowest BCUT2D eigenvalue weighted by Gasteiger charge is -2.08. The summed E-state index contributed by atoms with van der Waals surface area (Å²) in [4.78, 5) is 13.9. The van der Waals surface area contributed by atoms with Crippen molar-refractivity contribution in [2.24, 2.45) is 0 Å². The first-order valence-electron chi connectivity index (χ1n) is 6.55. The summed E-state index contributed by atoms with van der Waals surface area (Å²) >= 11 is 0. The van der Waals surface area contributed by atoms with E-state index in [-0.39, 0.29) is 5.91 Å². The summed E-state index contributed by atoms with van der Waals surface area (Å²) in [5.74, 6) is 0.0240. The molecule has 0 aliphatic rings. The quantitative estimate of drug-likeness (QED) is 0.697. The van der Waals surface area contributed by atoms with E-state index < -0.39 is 0 Å². The smallest absolute Gasteiger partial charge is 0.255 e. The average Bonchev–Trinajstić information content (AvgIpc) is 2.87. The molecule has 0 spiro atoms. The van der Waals surface area contributed by atoms with Gasteiger partial charge in [-0.3, -0.25) is 4.79 Å². The lowest BCUT2D eigenvalue weighted by molar-refractivity contribution is 0.0829. The van der Waals surface area contributed by atoms with Gasteiger partial charge in [0.1, 0.15) is 0 Å². The summed E-state index contributed by atoms with van der Waals surface area (Å²) in [6, 6.07) is 18.0. The maximum Gasteiger partial charge on any atom is 0.255 e. The molecule has 0 N–H and O–H groups in total. The van der Waals surface area contributed by atoms with Crippen LogP contribution >= 0.6 is 0 Å². The monoisotopic (exact) mass is 264 g/mol. The number of carbonyl (C=O) groups is 1. The van der Waals surface area contributed by atoms with Gasteiger partial charge in [-0.05, 0) is 23.8 Å². The Bertz CT molecular complexity index is 757. The topological polar surface area (TPSA) is 24.7 Å². The molecule has 1 aromatic carbocycles. The van der Waals surface area contributed by atoms with E-state index in [0.29, 0.717) is 0 Å². The number of amides is 1. The van der Waals surface area contributed by atoms with Crippen molar-refractivity contribution >= 4 is 11.4 Å². The maximum atomic E-state index is 12.3. The highest BCUT2D eigenvalue weighted by atomic mass is 16.2. The molecule has 20 heavy (non-hydrogen) atoms. The SMILES string of the molecule is CN(C)C(=O)c1cc(-c2ccccc2)n2ccccc12. The molecule has 0 atom stereocenters. The average molecular weight is 264 g/mol. The van der Waals surface area contributed by atoms with Crippen LogP contribution in [0.2, 0.25) is 0 Å². The summed E-state index contributed by atoms with van der Waals surface area (Å²) in [5, 5.41) is 0. The Hall–Kier alpha value is -2.55. The molecule has 100 valence electrons. The third-order valence-electron chi connectivity index (χ3n) is 3.38. The van der Waals surface area contributed by atoms with E-state index in [4.69, 9.17) is 0 Å². The highest BCUT2D eigenvalue weighted by molar-refractivity contribution is 6.02. The van der Waals surface area contributed by atoms with Gasteiger partial charge in [0, 0.05) is 20.3 Å². The van der Waals surface area contributed by atoms with Crippen LogP contribution in [0, 0.1) is 0 Å². The third kappa shape index (κ3) is 1.97. The Morgan fingerprint density at radius 1 is 1.00 bits per heavy atom. The zero-order valence-electron chi connectivity index (χ0n) is 11.6. The maximum absolute atomic E-state index is 12.3. The minimum atomic E-state index is 0.0240. The fourth-order valence-corrected chi connectivity index (χ4v) is 2.40. The van der Waals surface area contributed by atoms with Crippen molar-refractivity contribution < 1.29 is 4.79 Å². The number of carbonyl (C=O) groups excluding carboxylic acids is 1. The summed E-state index contributed by atoms with van der Waals surface area (Å²) in [6.45, 7) is 0. The summed E-state index contributed by atoms with van der Waals surface area (Å²) in [6.07, 6.45) is 1.99. The molecular weight excluding hydrogens is 248 g/mol. The van der Waals surface area contributed by atoms with Gasteiger partial charge in [-0.25, -0.2) is 0 Å². The Labute approximate surface area is 118 Å². The first kappa shape index (κ1) is 12.5. The van der Waals surface area contributed by atoms with Gasteiger partial charge in [-0.2, -0.15) is 0 Å². The second-order valence-electron chi connectivity index (χ2n) is 4.96. The van der Waals surface area contributed by atoms with E-state index in [1.165, 1.54) is 0 Å². The number of aromatic nitrogens is 1. The molecule has 0 aliphatic carbocycles. The molecular formula is C17H16N2O. The fraction of sp³-hybridized carbons (Fsp3) is 0.118. The Morgan fingerprint density at radius 2 is 1.70 bits per heavy atom. The molecule has 3 nitrogen and oxygen atoms in total. The van der Waals surface area contributed by atoms with E-state index in [1.54, 1.807) is 19.0 Å². The van der Waals surface area contributed by atoms with E-state index in [2.05, 4.69) is 16.5 Å². The standard InChI is InChI=1S/C17H16N2O/c1-18(2)17(20)14-12-16(13-8-4-3-5-9-13)19-11-7-6-10-15(14)19/h3-12H,1-2H3. The molecule has 0 fully saturated rings. The van der Waals surface area contributed by atoms with E-state index in [0.717, 1.165) is 22.3 Å². The van der Waals surface area contributed by atoms with E-state index in [1.807, 2.05) is 48.7 Å². The zero-order chi connectivity index (χ0) is 14.1. The summed E-state index contributed by atoms with van der Waals surface area (Å²) < 4.78 is 2.06. The van der Waals surface area contributed by atoms with Crippen molar-refractivity contribution in [3.05, 3.63) is 66.4 Å². The Balaban J connectivity index is 2.27. The molecule has 3 rings (SSSR count). The van der Waals surface area contributed by atoms with Crippen LogP contribution in [0.1, 0.15) is 10.4 Å². The number of fused-ring (bicyclic) bond motifs is 1. The van der Waals surface area contributed by atoms with Crippen LogP contribution in [0.3, 0.4) is 0 Å². The molecule has 1 amide bonds. The van der Waals surface area contributed by atoms with Crippen LogP contribution < -0.4 is 0 Å². The lowest BCUT2D eigenvalue weighted by atomic mass is 10.1. The second kappa shape index (κ2) is 4.85. The molecule has 2 heterocycles. The molecule has 0 saturated heterocycles. The van der Waals surface area contributed by atoms with Crippen LogP contribution in [0.5, 0.6) is 0 Å². The van der Waals surface area contributed by atoms with Gasteiger partial charge in [0.15, 0.2) is 0 Å². The van der Waals surface area contributed by atoms with Gasteiger partial charge in [-0.15, -0.1) is 0 Å². The molecule has 0 unspecified atom stereocenters. The largest absolute Gasteiger partial charge is 0.345 e. The predicted octanol–water partition coefficient (Wildman–Crippen LogP) is 3.31. The molecule has 0 saturated carbocycles. The third-order valence-corrected chi connectivity index (χ3v) is 3.38. The molecule has 0 bridgehead atoms. The number of hydrogen-bond donors (Lipinski definition) is 0. The van der Waals surface area contributed by atoms with Crippen LogP contribution in [-0.4, -0.2) is 29.3 Å². The molecule has 3 heteroatoms. The first-order chi connectivity index (χ1) is 9.68. The van der Waals surface area contributed by atoms with Crippen molar-refractivity contribution in [1.29, 1.82) is 0 Å². The van der Waals surface area contributed by atoms with Crippen LogP contribution in [-0.2, 0) is 0 Å². The number of rotatable bonds is 2. The predicted molar refractivity (Wildman–Crippen MR) is 80.9 cm³/mol. The highest BCUT2D eigenvalue weighted by Crippen LogP contribution is 2.26. The molecule has 0 aliphatic heterocycles. The highest BCUT2D eigenvalue weighted by Gasteiger charge is 2.17. The number of nitrogens with zero attached hydrogens (tertiary/aromatic N) is 2. The van der Waals surface area contributed by atoms with Crippen molar-refractivity contribution in [2.45, 2.75) is 0 Å². The molecule has 0 radical (unpaired) electrons. The minimum absolute atomic E-state index is 0.0240. The van der Waals surface area contributed by atoms with Gasteiger partial charge in [-0.1, -0.05) is 36.4 Å². The van der Waals surface area contributed by atoms with Gasteiger partial charge in [0.25, 0.3) is 5.91 Å². The number of hydrogen-bond acceptors (Lipinski definition) is 1. The van der Waals surface area contributed by atoms with Gasteiger partial charge < -0.3 is 9.30 Å². The Kier molecular flexibility index (Phi) is 3.03. The van der Waals surface area contributed by atoms with Crippen molar-refractivity contribution in [3.63, 3.8) is 0 Å². The normalized spacial score (nSPS) is 10.7. The zero-order valence-corrected chi connectivity index (χ0v) is 11.6. The summed E-state index contributed by atoms with van der Waals surface area (Å²) in [5.41, 5.74) is 3.80. The minimum Gasteiger partial charge on any atom is -0.345 e. The van der Waals surface area contributed by atoms with Gasteiger partial charge in [0.05, 0.1) is 16.8 Å². The lowest BCUT2D eigenvalue weighted by Crippen LogP contribution is -2.21. The van der Waals surface area contributed by atoms with Gasteiger partial charge in [0.2, 0.25) is 0 Å². The van der Waals surface area contributed by atoms with Crippen molar-refractivity contribution in [1.82, 2.24) is 9.30 Å². The van der Waals surface area contributed by atoms with Crippen LogP contribution in [0.4, 0.5) is 0 Å². The van der Waals surface area contributed by atoms with Crippen LogP contribution in [0.25, 0.3) is 16.8 Å².